The molecule has 0 aromatic carbocycles. The highest BCUT2D eigenvalue weighted by molar-refractivity contribution is 5.76. The number of nitrogens with two attached hydrogens (primary N) is 1. The normalized spacial score (nSPS) is 10.1. The summed E-state index contributed by atoms with van der Waals surface area (Å²) in [5.41, 5.74) is 7.08. The Kier molecular flexibility index (Phi) is 2.45. The smallest absolute Gasteiger partial charge is 0.113 e. The second-order valence-electron chi connectivity index (χ2n) is 3.17. The average molecular weight is 201 g/mol. The van der Waals surface area contributed by atoms with Gasteiger partial charge < -0.3 is 5.73 Å². The second-order valence-corrected chi connectivity index (χ2v) is 3.17. The van der Waals surface area contributed by atoms with Crippen molar-refractivity contribution in [3.63, 3.8) is 0 Å². The van der Waals surface area contributed by atoms with Crippen LogP contribution in [0.25, 0.3) is 11.3 Å². The summed E-state index contributed by atoms with van der Waals surface area (Å²) in [6.07, 6.45) is 5.26. The van der Waals surface area contributed by atoms with E-state index >= 15 is 0 Å². The third kappa shape index (κ3) is 2.19. The van der Waals surface area contributed by atoms with Gasteiger partial charge in [-0.05, 0) is 18.2 Å². The number of nitrogens with zero attached hydrogens (tertiary/aromatic N) is 3. The molecule has 0 radical (unpaired) electrons. The minimum atomic E-state index is 0.0934. The maximum atomic E-state index is 7.15. The predicted octanol–water partition coefficient (Wildman–Crippen LogP) is 0.881. The SMILES string of the molecule is N=C(N)Cn1ccc(-c2cccnc2)n1. The van der Waals surface area contributed by atoms with E-state index in [-0.39, 0.29) is 5.84 Å². The molecule has 0 saturated heterocycles. The molecule has 0 aliphatic heterocycles. The van der Waals surface area contributed by atoms with Crippen molar-refractivity contribution < 1.29 is 0 Å². The van der Waals surface area contributed by atoms with Crippen molar-refractivity contribution >= 4 is 5.84 Å². The third-order valence-electron chi connectivity index (χ3n) is 1.93. The van der Waals surface area contributed by atoms with Crippen LogP contribution in [0.2, 0.25) is 0 Å². The minimum Gasteiger partial charge on any atom is -0.386 e. The largest absolute Gasteiger partial charge is 0.386 e. The Balaban J connectivity index is 2.24. The maximum Gasteiger partial charge on any atom is 0.113 e. The number of hydrogen-bond donors (Lipinski definition) is 2. The number of pyridine rings is 1. The van der Waals surface area contributed by atoms with E-state index < -0.39 is 0 Å². The maximum absolute atomic E-state index is 7.15. The molecular weight excluding hydrogens is 190 g/mol. The fourth-order valence-corrected chi connectivity index (χ4v) is 1.29. The lowest BCUT2D eigenvalue weighted by Gasteiger charge is -1.98. The van der Waals surface area contributed by atoms with Crippen LogP contribution in [0.4, 0.5) is 0 Å². The molecule has 2 heterocycles. The molecule has 15 heavy (non-hydrogen) atoms. The van der Waals surface area contributed by atoms with Crippen molar-refractivity contribution in [2.24, 2.45) is 5.73 Å². The van der Waals surface area contributed by atoms with Crippen molar-refractivity contribution in [2.45, 2.75) is 6.54 Å². The summed E-state index contributed by atoms with van der Waals surface area (Å²) in [7, 11) is 0. The highest BCUT2D eigenvalue weighted by Gasteiger charge is 2.02. The Hall–Kier alpha value is -2.17. The first-order valence-corrected chi connectivity index (χ1v) is 4.52. The first kappa shape index (κ1) is 9.39. The number of hydrogen-bond acceptors (Lipinski definition) is 3. The van der Waals surface area contributed by atoms with E-state index in [1.54, 1.807) is 23.3 Å². The molecule has 2 rings (SSSR count). The first-order valence-electron chi connectivity index (χ1n) is 4.52. The summed E-state index contributed by atoms with van der Waals surface area (Å²) in [5, 5.41) is 11.4. The van der Waals surface area contributed by atoms with E-state index in [1.165, 1.54) is 0 Å². The quantitative estimate of drug-likeness (QED) is 0.571. The molecule has 2 aromatic heterocycles. The second kappa shape index (κ2) is 3.91. The lowest BCUT2D eigenvalue weighted by molar-refractivity contribution is 0.720. The topological polar surface area (TPSA) is 80.6 Å². The highest BCUT2D eigenvalue weighted by Crippen LogP contribution is 2.14. The zero-order valence-electron chi connectivity index (χ0n) is 8.09. The number of nitrogens with one attached hydrogen (secondary N) is 1. The Morgan fingerprint density at radius 1 is 1.47 bits per heavy atom. The zero-order valence-corrected chi connectivity index (χ0v) is 8.09. The Bertz CT molecular complexity index is 460. The van der Waals surface area contributed by atoms with Crippen LogP contribution in [-0.4, -0.2) is 20.6 Å². The van der Waals surface area contributed by atoms with Gasteiger partial charge in [0.15, 0.2) is 0 Å². The van der Waals surface area contributed by atoms with Gasteiger partial charge in [-0.15, -0.1) is 0 Å². The van der Waals surface area contributed by atoms with Crippen LogP contribution < -0.4 is 5.73 Å². The zero-order chi connectivity index (χ0) is 10.7. The molecule has 0 fully saturated rings. The van der Waals surface area contributed by atoms with E-state index in [0.29, 0.717) is 6.54 Å². The molecule has 0 aliphatic rings. The van der Waals surface area contributed by atoms with Gasteiger partial charge in [-0.3, -0.25) is 15.1 Å². The van der Waals surface area contributed by atoms with Crippen molar-refractivity contribution in [3.8, 4) is 11.3 Å². The molecule has 2 aromatic rings. The van der Waals surface area contributed by atoms with Gasteiger partial charge in [0.2, 0.25) is 0 Å². The fourth-order valence-electron chi connectivity index (χ4n) is 1.29. The molecule has 0 amide bonds. The van der Waals surface area contributed by atoms with Crippen LogP contribution in [0.3, 0.4) is 0 Å². The lowest BCUT2D eigenvalue weighted by atomic mass is 10.2. The summed E-state index contributed by atoms with van der Waals surface area (Å²) < 4.78 is 1.63. The molecule has 0 atom stereocenters. The molecular formula is C10H11N5. The van der Waals surface area contributed by atoms with Crippen molar-refractivity contribution in [3.05, 3.63) is 36.8 Å². The van der Waals surface area contributed by atoms with Crippen LogP contribution in [0.15, 0.2) is 36.8 Å². The van der Waals surface area contributed by atoms with E-state index in [9.17, 15) is 0 Å². The van der Waals surface area contributed by atoms with Crippen LogP contribution in [0.1, 0.15) is 0 Å². The van der Waals surface area contributed by atoms with Crippen LogP contribution in [-0.2, 0) is 6.54 Å². The fraction of sp³-hybridized carbons (Fsp3) is 0.100. The predicted molar refractivity (Wildman–Crippen MR) is 57.4 cm³/mol. The molecule has 76 valence electrons. The molecule has 5 nitrogen and oxygen atoms in total. The monoisotopic (exact) mass is 201 g/mol. The van der Waals surface area contributed by atoms with Gasteiger partial charge in [-0.1, -0.05) is 0 Å². The van der Waals surface area contributed by atoms with Gasteiger partial charge in [-0.2, -0.15) is 5.10 Å². The van der Waals surface area contributed by atoms with Gasteiger partial charge in [0.25, 0.3) is 0 Å². The summed E-state index contributed by atoms with van der Waals surface area (Å²) in [5.74, 6) is 0.0934. The van der Waals surface area contributed by atoms with E-state index in [2.05, 4.69) is 10.1 Å². The number of amidine groups is 1. The average Bonchev–Trinajstić information content (AvgIpc) is 2.67. The molecule has 0 bridgehead atoms. The molecule has 0 saturated carbocycles. The van der Waals surface area contributed by atoms with Gasteiger partial charge >= 0.3 is 0 Å². The van der Waals surface area contributed by atoms with E-state index in [4.69, 9.17) is 11.1 Å². The Labute approximate surface area is 87.1 Å². The minimum absolute atomic E-state index is 0.0934. The molecule has 3 N–H and O–H groups in total. The van der Waals surface area contributed by atoms with Crippen LogP contribution >= 0.6 is 0 Å². The van der Waals surface area contributed by atoms with Crippen molar-refractivity contribution in [2.75, 3.05) is 0 Å². The number of rotatable bonds is 3. The molecule has 0 unspecified atom stereocenters. The summed E-state index contributed by atoms with van der Waals surface area (Å²) in [6.45, 7) is 0.320. The Morgan fingerprint density at radius 3 is 3.00 bits per heavy atom. The Morgan fingerprint density at radius 2 is 2.33 bits per heavy atom. The van der Waals surface area contributed by atoms with Crippen LogP contribution in [0, 0.1) is 5.41 Å². The van der Waals surface area contributed by atoms with E-state index in [1.807, 2.05) is 18.2 Å². The lowest BCUT2D eigenvalue weighted by Crippen LogP contribution is -2.18. The molecule has 5 heteroatoms. The van der Waals surface area contributed by atoms with Gasteiger partial charge in [0.1, 0.15) is 5.84 Å². The van der Waals surface area contributed by atoms with Crippen molar-refractivity contribution in [1.82, 2.24) is 14.8 Å². The van der Waals surface area contributed by atoms with Gasteiger partial charge in [0, 0.05) is 24.2 Å². The standard InChI is InChI=1S/C10H11N5/c11-10(12)7-15-5-3-9(14-15)8-2-1-4-13-6-8/h1-6H,7H2,(H3,11,12). The van der Waals surface area contributed by atoms with Gasteiger partial charge in [-0.25, -0.2) is 0 Å². The first-order chi connectivity index (χ1) is 7.25. The van der Waals surface area contributed by atoms with Gasteiger partial charge in [0.05, 0.1) is 12.2 Å². The summed E-state index contributed by atoms with van der Waals surface area (Å²) in [6, 6.07) is 5.67. The van der Waals surface area contributed by atoms with E-state index in [0.717, 1.165) is 11.3 Å². The van der Waals surface area contributed by atoms with Crippen LogP contribution in [0.5, 0.6) is 0 Å². The van der Waals surface area contributed by atoms with Crippen molar-refractivity contribution in [1.29, 1.82) is 5.41 Å². The molecule has 0 spiro atoms. The summed E-state index contributed by atoms with van der Waals surface area (Å²) in [4.78, 5) is 4.02. The number of aromatic nitrogens is 3. The third-order valence-corrected chi connectivity index (χ3v) is 1.93. The highest BCUT2D eigenvalue weighted by atomic mass is 15.3. The summed E-state index contributed by atoms with van der Waals surface area (Å²) >= 11 is 0. The molecule has 0 aliphatic carbocycles.